The molecule has 0 aromatic heterocycles. The van der Waals surface area contributed by atoms with Gasteiger partial charge in [-0.05, 0) is 109 Å². The summed E-state index contributed by atoms with van der Waals surface area (Å²) in [6, 6.07) is 0. The number of hydrogen-bond donors (Lipinski definition) is 0. The van der Waals surface area contributed by atoms with Crippen LogP contribution in [-0.2, 0) is 28.6 Å². The fraction of sp³-hybridized carbons (Fsp3) is 0.746. The van der Waals surface area contributed by atoms with Gasteiger partial charge in [0, 0.05) is 19.3 Å². The van der Waals surface area contributed by atoms with Gasteiger partial charge in [-0.3, -0.25) is 14.4 Å². The van der Waals surface area contributed by atoms with Crippen molar-refractivity contribution in [1.29, 1.82) is 0 Å². The Morgan fingerprint density at radius 2 is 0.600 bits per heavy atom. The zero-order valence-corrected chi connectivity index (χ0v) is 42.7. The number of carbonyl (C=O) groups excluding carboxylic acids is 3. The van der Waals surface area contributed by atoms with E-state index in [0.717, 1.165) is 96.3 Å². The Balaban J connectivity index is 4.44. The summed E-state index contributed by atoms with van der Waals surface area (Å²) in [7, 11) is 0. The van der Waals surface area contributed by atoms with Gasteiger partial charge in [0.25, 0.3) is 0 Å². The van der Waals surface area contributed by atoms with Crippen molar-refractivity contribution in [3.63, 3.8) is 0 Å². The molecule has 0 bridgehead atoms. The highest BCUT2D eigenvalue weighted by molar-refractivity contribution is 5.71. The number of hydrogen-bond acceptors (Lipinski definition) is 6. The first-order chi connectivity index (χ1) is 32.0. The van der Waals surface area contributed by atoms with E-state index in [0.29, 0.717) is 19.3 Å². The van der Waals surface area contributed by atoms with E-state index in [1.54, 1.807) is 0 Å². The number of allylic oxidation sites excluding steroid dienone is 12. The minimum Gasteiger partial charge on any atom is -0.462 e. The van der Waals surface area contributed by atoms with Gasteiger partial charge in [-0.1, -0.05) is 209 Å². The normalized spacial score (nSPS) is 12.2. The second kappa shape index (κ2) is 53.5. The van der Waals surface area contributed by atoms with E-state index in [-0.39, 0.29) is 31.1 Å². The van der Waals surface area contributed by atoms with Crippen LogP contribution >= 0.6 is 0 Å². The molecule has 0 spiro atoms. The molecule has 0 aliphatic carbocycles. The average molecular weight is 907 g/mol. The predicted molar refractivity (Wildman–Crippen MR) is 279 cm³/mol. The fourth-order valence-electron chi connectivity index (χ4n) is 7.54. The van der Waals surface area contributed by atoms with Crippen molar-refractivity contribution in [2.75, 3.05) is 13.2 Å². The van der Waals surface area contributed by atoms with Crippen LogP contribution in [0.3, 0.4) is 0 Å². The van der Waals surface area contributed by atoms with Gasteiger partial charge in [-0.2, -0.15) is 0 Å². The number of rotatable bonds is 49. The number of carbonyl (C=O) groups is 3. The molecule has 0 N–H and O–H groups in total. The molecule has 0 heterocycles. The molecule has 0 aromatic carbocycles. The summed E-state index contributed by atoms with van der Waals surface area (Å²) >= 11 is 0. The molecule has 374 valence electrons. The van der Waals surface area contributed by atoms with Gasteiger partial charge in [0.15, 0.2) is 6.10 Å². The Bertz CT molecular complexity index is 1170. The lowest BCUT2D eigenvalue weighted by atomic mass is 10.1. The van der Waals surface area contributed by atoms with Gasteiger partial charge in [0.2, 0.25) is 0 Å². The van der Waals surface area contributed by atoms with Crippen LogP contribution in [0, 0.1) is 0 Å². The smallest absolute Gasteiger partial charge is 0.306 e. The maximum atomic E-state index is 12.8. The number of ether oxygens (including phenoxy) is 3. The molecule has 6 nitrogen and oxygen atoms in total. The topological polar surface area (TPSA) is 78.9 Å². The summed E-state index contributed by atoms with van der Waals surface area (Å²) in [6.45, 7) is 6.48. The Labute approximate surface area is 402 Å². The SMILES string of the molecule is CC/C=C\C/C=C\C/C=C\C/C=C\CCCCCCC(=O)OC(COC(=O)CCCCCCCCC/C=C\CCCCCC)COC(=O)CCCCCCCCC/C=C\CCCCCC. The van der Waals surface area contributed by atoms with Crippen LogP contribution in [0.5, 0.6) is 0 Å². The predicted octanol–water partition coefficient (Wildman–Crippen LogP) is 18.2. The third-order valence-electron chi connectivity index (χ3n) is 11.7. The van der Waals surface area contributed by atoms with Crippen molar-refractivity contribution in [2.45, 2.75) is 271 Å². The zero-order chi connectivity index (χ0) is 47.2. The lowest BCUT2D eigenvalue weighted by Gasteiger charge is -2.18. The quantitative estimate of drug-likeness (QED) is 0.0262. The Kier molecular flexibility index (Phi) is 50.9. The maximum Gasteiger partial charge on any atom is 0.306 e. The van der Waals surface area contributed by atoms with Crippen LogP contribution in [0.4, 0.5) is 0 Å². The molecule has 0 saturated carbocycles. The standard InChI is InChI=1S/C59H102O6/c1-4-7-10-13-16-19-22-25-28-29-32-35-38-41-44-47-50-53-59(62)65-56(54-63-57(60)51-48-45-42-39-36-33-30-26-23-20-17-14-11-8-5-2)55-64-58(61)52-49-46-43-40-37-34-31-27-24-21-18-15-12-9-6-3/h7,10,16,19-21,23-25,28,32,35,56H,4-6,8-9,11-15,17-18,22,26-27,29-31,33-34,36-55H2,1-3H3/b10-7-,19-16-,23-20-,24-21-,28-25-,35-32-. The molecule has 0 unspecified atom stereocenters. The molecule has 0 fully saturated rings. The lowest BCUT2D eigenvalue weighted by molar-refractivity contribution is -0.167. The van der Waals surface area contributed by atoms with Gasteiger partial charge in [-0.15, -0.1) is 0 Å². The Morgan fingerprint density at radius 3 is 0.954 bits per heavy atom. The Morgan fingerprint density at radius 1 is 0.323 bits per heavy atom. The van der Waals surface area contributed by atoms with Crippen molar-refractivity contribution in [1.82, 2.24) is 0 Å². The summed E-state index contributed by atoms with van der Waals surface area (Å²) < 4.78 is 16.8. The molecule has 0 aliphatic rings. The van der Waals surface area contributed by atoms with E-state index in [1.807, 2.05) is 0 Å². The number of esters is 3. The molecule has 6 heteroatoms. The highest BCUT2D eigenvalue weighted by Crippen LogP contribution is 2.14. The van der Waals surface area contributed by atoms with Gasteiger partial charge >= 0.3 is 17.9 Å². The Hall–Kier alpha value is -3.15. The molecule has 0 rings (SSSR count). The van der Waals surface area contributed by atoms with Crippen LogP contribution in [0.15, 0.2) is 72.9 Å². The first-order valence-corrected chi connectivity index (χ1v) is 27.4. The molecule has 0 atom stereocenters. The van der Waals surface area contributed by atoms with E-state index in [4.69, 9.17) is 14.2 Å². The van der Waals surface area contributed by atoms with E-state index < -0.39 is 6.10 Å². The van der Waals surface area contributed by atoms with Crippen molar-refractivity contribution >= 4 is 17.9 Å². The van der Waals surface area contributed by atoms with Crippen molar-refractivity contribution in [2.24, 2.45) is 0 Å². The molecule has 0 radical (unpaired) electrons. The lowest BCUT2D eigenvalue weighted by Crippen LogP contribution is -2.30. The van der Waals surface area contributed by atoms with Gasteiger partial charge in [-0.25, -0.2) is 0 Å². The van der Waals surface area contributed by atoms with Crippen LogP contribution < -0.4 is 0 Å². The largest absolute Gasteiger partial charge is 0.462 e. The van der Waals surface area contributed by atoms with Gasteiger partial charge in [0.05, 0.1) is 0 Å². The van der Waals surface area contributed by atoms with E-state index >= 15 is 0 Å². The van der Waals surface area contributed by atoms with Crippen molar-refractivity contribution < 1.29 is 28.6 Å². The van der Waals surface area contributed by atoms with E-state index in [1.165, 1.54) is 128 Å². The minimum absolute atomic E-state index is 0.0886. The van der Waals surface area contributed by atoms with Crippen LogP contribution in [0.2, 0.25) is 0 Å². The summed E-state index contributed by atoms with van der Waals surface area (Å²) in [5, 5.41) is 0. The van der Waals surface area contributed by atoms with Gasteiger partial charge in [0.1, 0.15) is 13.2 Å². The first-order valence-electron chi connectivity index (χ1n) is 27.4. The molecule has 0 amide bonds. The zero-order valence-electron chi connectivity index (χ0n) is 42.7. The van der Waals surface area contributed by atoms with Crippen molar-refractivity contribution in [3.05, 3.63) is 72.9 Å². The summed E-state index contributed by atoms with van der Waals surface area (Å²) in [5.41, 5.74) is 0. The summed E-state index contributed by atoms with van der Waals surface area (Å²) in [4.78, 5) is 38.1. The molecule has 65 heavy (non-hydrogen) atoms. The van der Waals surface area contributed by atoms with Gasteiger partial charge < -0.3 is 14.2 Å². The molecule has 0 aliphatic heterocycles. The van der Waals surface area contributed by atoms with E-state index in [2.05, 4.69) is 93.7 Å². The molecular formula is C59H102O6. The van der Waals surface area contributed by atoms with Crippen LogP contribution in [0.1, 0.15) is 265 Å². The second-order valence-electron chi connectivity index (χ2n) is 18.1. The molecule has 0 saturated heterocycles. The third-order valence-corrected chi connectivity index (χ3v) is 11.7. The van der Waals surface area contributed by atoms with Crippen LogP contribution in [0.25, 0.3) is 0 Å². The molecular weight excluding hydrogens is 805 g/mol. The summed E-state index contributed by atoms with van der Waals surface area (Å²) in [5.74, 6) is -0.916. The maximum absolute atomic E-state index is 12.8. The molecule has 0 aromatic rings. The third kappa shape index (κ3) is 51.7. The highest BCUT2D eigenvalue weighted by Gasteiger charge is 2.19. The van der Waals surface area contributed by atoms with Crippen LogP contribution in [-0.4, -0.2) is 37.2 Å². The fourth-order valence-corrected chi connectivity index (χ4v) is 7.54. The minimum atomic E-state index is -0.791. The number of unbranched alkanes of at least 4 members (excludes halogenated alkanes) is 26. The highest BCUT2D eigenvalue weighted by atomic mass is 16.6. The monoisotopic (exact) mass is 907 g/mol. The van der Waals surface area contributed by atoms with E-state index in [9.17, 15) is 14.4 Å². The van der Waals surface area contributed by atoms with Crippen molar-refractivity contribution in [3.8, 4) is 0 Å². The first kappa shape index (κ1) is 61.9. The summed E-state index contributed by atoms with van der Waals surface area (Å²) in [6.07, 6.45) is 67.4. The average Bonchev–Trinajstić information content (AvgIpc) is 3.30. The second-order valence-corrected chi connectivity index (χ2v) is 18.1.